The maximum absolute atomic E-state index is 13.7. The number of aromatic hydroxyl groups is 1. The van der Waals surface area contributed by atoms with Crippen molar-refractivity contribution in [3.63, 3.8) is 0 Å². The van der Waals surface area contributed by atoms with Crippen LogP contribution in [0.2, 0.25) is 0 Å². The van der Waals surface area contributed by atoms with Crippen LogP contribution in [0.25, 0.3) is 0 Å². The molecule has 0 radical (unpaired) electrons. The highest BCUT2D eigenvalue weighted by Gasteiger charge is 2.25. The minimum atomic E-state index is -1.03. The molecule has 10 heteroatoms. The van der Waals surface area contributed by atoms with E-state index in [9.17, 15) is 28.3 Å². The Morgan fingerprint density at radius 3 is 2.86 bits per heavy atom. The molecule has 1 aromatic carbocycles. The SMILES string of the molecule is CC1COCCn2cc(C(=O)NCc3ccc(F)cc3F)c(=O)c(O)c2C(=O)N1. The van der Waals surface area contributed by atoms with Gasteiger partial charge in [0.2, 0.25) is 5.43 Å². The van der Waals surface area contributed by atoms with Crippen LogP contribution in [0.4, 0.5) is 8.78 Å². The summed E-state index contributed by atoms with van der Waals surface area (Å²) < 4.78 is 33.4. The number of nitrogens with one attached hydrogen (secondary N) is 2. The van der Waals surface area contributed by atoms with Gasteiger partial charge in [0.1, 0.15) is 17.2 Å². The number of nitrogens with zero attached hydrogens (tertiary/aromatic N) is 1. The van der Waals surface area contributed by atoms with Crippen molar-refractivity contribution < 1.29 is 28.2 Å². The van der Waals surface area contributed by atoms with Crippen molar-refractivity contribution in [1.82, 2.24) is 15.2 Å². The van der Waals surface area contributed by atoms with Gasteiger partial charge in [-0.1, -0.05) is 6.07 Å². The van der Waals surface area contributed by atoms with E-state index in [1.165, 1.54) is 10.6 Å². The zero-order chi connectivity index (χ0) is 21.1. The molecule has 1 aliphatic rings. The third kappa shape index (κ3) is 4.43. The van der Waals surface area contributed by atoms with Gasteiger partial charge in [0, 0.05) is 37.0 Å². The molecular formula is C19H19F2N3O5. The number of benzene rings is 1. The molecule has 1 atom stereocenters. The summed E-state index contributed by atoms with van der Waals surface area (Å²) in [7, 11) is 0. The van der Waals surface area contributed by atoms with Crippen LogP contribution in [0.3, 0.4) is 0 Å². The molecule has 0 aliphatic carbocycles. The van der Waals surface area contributed by atoms with Crippen molar-refractivity contribution in [2.75, 3.05) is 13.2 Å². The van der Waals surface area contributed by atoms with Crippen molar-refractivity contribution in [2.24, 2.45) is 0 Å². The monoisotopic (exact) mass is 407 g/mol. The highest BCUT2D eigenvalue weighted by molar-refractivity contribution is 5.98. The molecule has 2 aromatic rings. The first-order valence-electron chi connectivity index (χ1n) is 8.85. The van der Waals surface area contributed by atoms with Gasteiger partial charge in [0.25, 0.3) is 11.8 Å². The minimum absolute atomic E-state index is 0.0218. The predicted octanol–water partition coefficient (Wildman–Crippen LogP) is 0.911. The fourth-order valence-corrected chi connectivity index (χ4v) is 2.92. The van der Waals surface area contributed by atoms with E-state index >= 15 is 0 Å². The Balaban J connectivity index is 1.89. The smallest absolute Gasteiger partial charge is 0.272 e. The van der Waals surface area contributed by atoms with Crippen LogP contribution in [0.15, 0.2) is 29.2 Å². The molecule has 0 saturated carbocycles. The lowest BCUT2D eigenvalue weighted by atomic mass is 10.1. The fraction of sp³-hybridized carbons (Fsp3) is 0.316. The number of rotatable bonds is 3. The van der Waals surface area contributed by atoms with Crippen LogP contribution in [-0.4, -0.2) is 40.7 Å². The number of halogens is 2. The summed E-state index contributed by atoms with van der Waals surface area (Å²) in [6.07, 6.45) is 1.15. The average molecular weight is 407 g/mol. The maximum atomic E-state index is 13.7. The molecule has 2 amide bonds. The van der Waals surface area contributed by atoms with Crippen LogP contribution in [0.5, 0.6) is 5.75 Å². The molecule has 0 spiro atoms. The van der Waals surface area contributed by atoms with E-state index in [0.717, 1.165) is 12.3 Å². The first-order valence-corrected chi connectivity index (χ1v) is 8.85. The Labute approximate surface area is 164 Å². The van der Waals surface area contributed by atoms with Crippen LogP contribution < -0.4 is 16.1 Å². The molecular weight excluding hydrogens is 388 g/mol. The van der Waals surface area contributed by atoms with Crippen molar-refractivity contribution in [3.8, 4) is 5.75 Å². The van der Waals surface area contributed by atoms with Crippen LogP contribution in [-0.2, 0) is 17.8 Å². The van der Waals surface area contributed by atoms with E-state index in [-0.39, 0.29) is 43.6 Å². The van der Waals surface area contributed by atoms with Crippen molar-refractivity contribution in [2.45, 2.75) is 26.1 Å². The Hall–Kier alpha value is -3.27. The minimum Gasteiger partial charge on any atom is -0.503 e. The van der Waals surface area contributed by atoms with Gasteiger partial charge in [-0.05, 0) is 13.0 Å². The summed E-state index contributed by atoms with van der Waals surface area (Å²) in [6.45, 7) is 1.97. The zero-order valence-electron chi connectivity index (χ0n) is 15.5. The van der Waals surface area contributed by atoms with Gasteiger partial charge < -0.3 is 25.0 Å². The van der Waals surface area contributed by atoms with E-state index in [1.807, 2.05) is 0 Å². The van der Waals surface area contributed by atoms with Gasteiger partial charge in [-0.15, -0.1) is 0 Å². The van der Waals surface area contributed by atoms with E-state index < -0.39 is 40.2 Å². The number of pyridine rings is 1. The number of hydrogen-bond acceptors (Lipinski definition) is 5. The molecule has 8 nitrogen and oxygen atoms in total. The molecule has 3 rings (SSSR count). The summed E-state index contributed by atoms with van der Waals surface area (Å²) in [5.41, 5.74) is -1.70. The quantitative estimate of drug-likeness (QED) is 0.701. The van der Waals surface area contributed by atoms with E-state index in [1.54, 1.807) is 6.92 Å². The van der Waals surface area contributed by atoms with Gasteiger partial charge >= 0.3 is 0 Å². The van der Waals surface area contributed by atoms with Gasteiger partial charge in [-0.25, -0.2) is 8.78 Å². The fourth-order valence-electron chi connectivity index (χ4n) is 2.92. The van der Waals surface area contributed by atoms with E-state index in [4.69, 9.17) is 4.74 Å². The molecule has 154 valence electrons. The van der Waals surface area contributed by atoms with Crippen LogP contribution >= 0.6 is 0 Å². The number of fused-ring (bicyclic) bond motifs is 1. The van der Waals surface area contributed by atoms with E-state index in [0.29, 0.717) is 6.07 Å². The molecule has 29 heavy (non-hydrogen) atoms. The third-order valence-electron chi connectivity index (χ3n) is 4.39. The lowest BCUT2D eigenvalue weighted by Gasteiger charge is -2.15. The zero-order valence-corrected chi connectivity index (χ0v) is 15.5. The van der Waals surface area contributed by atoms with Crippen molar-refractivity contribution >= 4 is 11.8 Å². The number of hydrogen-bond donors (Lipinski definition) is 3. The van der Waals surface area contributed by atoms with Gasteiger partial charge in [0.05, 0.1) is 13.2 Å². The van der Waals surface area contributed by atoms with E-state index in [2.05, 4.69) is 10.6 Å². The lowest BCUT2D eigenvalue weighted by Crippen LogP contribution is -2.37. The first kappa shape index (κ1) is 20.5. The highest BCUT2D eigenvalue weighted by Crippen LogP contribution is 2.16. The summed E-state index contributed by atoms with van der Waals surface area (Å²) in [5, 5.41) is 15.2. The molecule has 3 N–H and O–H groups in total. The Bertz CT molecular complexity index is 1020. The largest absolute Gasteiger partial charge is 0.503 e. The highest BCUT2D eigenvalue weighted by atomic mass is 19.1. The van der Waals surface area contributed by atoms with Crippen molar-refractivity contribution in [1.29, 1.82) is 0 Å². The molecule has 0 saturated heterocycles. The normalized spacial score (nSPS) is 16.8. The Morgan fingerprint density at radius 2 is 2.14 bits per heavy atom. The molecule has 0 bridgehead atoms. The second-order valence-electron chi connectivity index (χ2n) is 6.63. The summed E-state index contributed by atoms with van der Waals surface area (Å²) in [4.78, 5) is 37.3. The van der Waals surface area contributed by atoms with Crippen molar-refractivity contribution in [3.05, 3.63) is 63.1 Å². The number of carbonyl (C=O) groups is 2. The first-order chi connectivity index (χ1) is 13.8. The van der Waals surface area contributed by atoms with Gasteiger partial charge in [0.15, 0.2) is 11.4 Å². The standard InChI is InChI=1S/C19H19F2N3O5/c1-10-9-29-5-4-24-8-13(16(25)17(26)15(24)19(28)23-10)18(27)22-7-11-2-3-12(20)6-14(11)21/h2-3,6,8,10,26H,4-5,7,9H2,1H3,(H,22,27)(H,23,28). The summed E-state index contributed by atoms with van der Waals surface area (Å²) in [5.74, 6) is -4.01. The topological polar surface area (TPSA) is 110 Å². The predicted molar refractivity (Wildman–Crippen MR) is 97.6 cm³/mol. The maximum Gasteiger partial charge on any atom is 0.272 e. The average Bonchev–Trinajstić information content (AvgIpc) is 2.72. The number of carbonyl (C=O) groups excluding carboxylic acids is 2. The molecule has 0 fully saturated rings. The Morgan fingerprint density at radius 1 is 1.38 bits per heavy atom. The Kier molecular flexibility index (Phi) is 5.92. The second kappa shape index (κ2) is 8.39. The summed E-state index contributed by atoms with van der Waals surface area (Å²) >= 11 is 0. The summed E-state index contributed by atoms with van der Waals surface area (Å²) in [6, 6.07) is 2.55. The van der Waals surface area contributed by atoms with Gasteiger partial charge in [-0.3, -0.25) is 14.4 Å². The third-order valence-corrected chi connectivity index (χ3v) is 4.39. The number of amides is 2. The van der Waals surface area contributed by atoms with Crippen LogP contribution in [0.1, 0.15) is 33.3 Å². The van der Waals surface area contributed by atoms with Gasteiger partial charge in [-0.2, -0.15) is 0 Å². The number of aromatic nitrogens is 1. The van der Waals surface area contributed by atoms with Crippen LogP contribution in [0, 0.1) is 11.6 Å². The second-order valence-corrected chi connectivity index (χ2v) is 6.63. The molecule has 1 aromatic heterocycles. The molecule has 1 aliphatic heterocycles. The number of ether oxygens (including phenoxy) is 1. The molecule has 1 unspecified atom stereocenters. The lowest BCUT2D eigenvalue weighted by molar-refractivity contribution is 0.0874. The molecule has 2 heterocycles.